The van der Waals surface area contributed by atoms with Gasteiger partial charge in [-0.25, -0.2) is 4.98 Å². The molecule has 8 rings (SSSR count). The molecule has 2 amide bonds. The summed E-state index contributed by atoms with van der Waals surface area (Å²) in [6, 6.07) is 13.9. The molecule has 1 aromatic heterocycles. The van der Waals surface area contributed by atoms with Crippen LogP contribution in [0.2, 0.25) is 0 Å². The number of rotatable bonds is 0. The Morgan fingerprint density at radius 2 is 1.76 bits per heavy atom. The molecule has 0 aliphatic carbocycles. The fourth-order valence-corrected chi connectivity index (χ4v) is 6.19. The molecule has 172 valence electrons. The van der Waals surface area contributed by atoms with Gasteiger partial charge in [0.2, 0.25) is 11.8 Å². The zero-order chi connectivity index (χ0) is 23.6. The minimum Gasteiger partial charge on any atom is -0.334 e. The highest BCUT2D eigenvalue weighted by atomic mass is 16.5. The topological polar surface area (TPSA) is 106 Å². The zero-order valence-electron chi connectivity index (χ0n) is 19.0. The van der Waals surface area contributed by atoms with Crippen LogP contribution in [0.25, 0.3) is 10.9 Å². The number of nitrogens with zero attached hydrogens (tertiary/aromatic N) is 3. The molecule has 2 N–H and O–H groups in total. The predicted molar refractivity (Wildman–Crippen MR) is 123 cm³/mol. The summed E-state index contributed by atoms with van der Waals surface area (Å²) in [6.07, 6.45) is -0.364. The molecule has 0 radical (unpaired) electrons. The van der Waals surface area contributed by atoms with Crippen molar-refractivity contribution in [3.8, 4) is 0 Å². The van der Waals surface area contributed by atoms with Crippen LogP contribution < -0.4 is 21.1 Å². The van der Waals surface area contributed by atoms with Gasteiger partial charge in [-0.05, 0) is 39.0 Å². The second-order valence-corrected chi connectivity index (χ2v) is 10.2. The smallest absolute Gasteiger partial charge is 0.262 e. The molecule has 9 nitrogen and oxygen atoms in total. The lowest BCUT2D eigenvalue weighted by molar-refractivity contribution is -0.181. The molecule has 2 bridgehead atoms. The first-order valence-electron chi connectivity index (χ1n) is 11.4. The van der Waals surface area contributed by atoms with Crippen LogP contribution in [0.1, 0.15) is 44.6 Å². The van der Waals surface area contributed by atoms with E-state index in [1.807, 2.05) is 44.2 Å². The first-order valence-corrected chi connectivity index (χ1v) is 11.4. The van der Waals surface area contributed by atoms with Crippen LogP contribution >= 0.6 is 0 Å². The number of carbonyl (C=O) groups excluding carboxylic acids is 2. The molecule has 2 saturated heterocycles. The number of anilines is 1. The Bertz CT molecular complexity index is 1510. The second kappa shape index (κ2) is 5.92. The number of fused-ring (bicyclic) bond motifs is 5. The molecule has 0 saturated carbocycles. The number of carbonyl (C=O) groups is 2. The number of nitrogens with one attached hydrogen (secondary N) is 2. The fourth-order valence-electron chi connectivity index (χ4n) is 6.19. The summed E-state index contributed by atoms with van der Waals surface area (Å²) in [6.45, 7) is 5.41. The van der Waals surface area contributed by atoms with E-state index in [0.717, 1.165) is 11.3 Å². The molecular weight excluding hydrogens is 434 g/mol. The lowest BCUT2D eigenvalue weighted by Crippen LogP contribution is -2.57. The van der Waals surface area contributed by atoms with Crippen LogP contribution in [-0.2, 0) is 25.7 Å². The third-order valence-corrected chi connectivity index (χ3v) is 7.66. The van der Waals surface area contributed by atoms with E-state index in [9.17, 15) is 14.4 Å². The van der Waals surface area contributed by atoms with Gasteiger partial charge in [0.1, 0.15) is 17.8 Å². The normalized spacial score (nSPS) is 32.5. The van der Waals surface area contributed by atoms with Crippen molar-refractivity contribution in [2.45, 2.75) is 56.3 Å². The number of benzene rings is 2. The quantitative estimate of drug-likeness (QED) is 0.532. The maximum Gasteiger partial charge on any atom is 0.262 e. The summed E-state index contributed by atoms with van der Waals surface area (Å²) in [7, 11) is 0. The van der Waals surface area contributed by atoms with E-state index < -0.39 is 29.1 Å². The third kappa shape index (κ3) is 2.17. The molecule has 4 atom stereocenters. The summed E-state index contributed by atoms with van der Waals surface area (Å²) in [5.41, 5.74) is -1.43. The first kappa shape index (κ1) is 19.9. The van der Waals surface area contributed by atoms with Crippen molar-refractivity contribution in [2.75, 3.05) is 4.90 Å². The maximum atomic E-state index is 13.6. The van der Waals surface area contributed by atoms with E-state index >= 15 is 0 Å². The zero-order valence-corrected chi connectivity index (χ0v) is 19.0. The summed E-state index contributed by atoms with van der Waals surface area (Å²) in [5, 5.41) is 6.89. The molecular formula is C25H23N5O4. The molecule has 2 fully saturated rings. The van der Waals surface area contributed by atoms with Gasteiger partial charge < -0.3 is 10.1 Å². The van der Waals surface area contributed by atoms with E-state index in [1.165, 1.54) is 4.57 Å². The van der Waals surface area contributed by atoms with Gasteiger partial charge in [-0.15, -0.1) is 0 Å². The first-order chi connectivity index (χ1) is 16.2. The molecule has 2 aromatic carbocycles. The van der Waals surface area contributed by atoms with Gasteiger partial charge in [-0.2, -0.15) is 0 Å². The summed E-state index contributed by atoms with van der Waals surface area (Å²) in [5.74, 6) is -0.00670. The van der Waals surface area contributed by atoms with Crippen LogP contribution in [0.5, 0.6) is 0 Å². The molecule has 5 aliphatic rings. The Balaban J connectivity index is 1.52. The molecule has 1 spiro atoms. The molecule has 1 unspecified atom stereocenters. The lowest BCUT2D eigenvalue weighted by atomic mass is 9.85. The van der Waals surface area contributed by atoms with Crippen LogP contribution in [0, 0.1) is 0 Å². The minimum atomic E-state index is -1.38. The molecule has 9 heteroatoms. The van der Waals surface area contributed by atoms with Gasteiger partial charge in [0.25, 0.3) is 5.56 Å². The van der Waals surface area contributed by atoms with E-state index in [2.05, 4.69) is 10.6 Å². The number of hydrogen-bond donors (Lipinski definition) is 2. The molecule has 5 aliphatic heterocycles. The van der Waals surface area contributed by atoms with E-state index in [1.54, 1.807) is 30.0 Å². The molecule has 3 aromatic rings. The van der Waals surface area contributed by atoms with Crippen molar-refractivity contribution in [1.29, 1.82) is 0 Å². The Kier molecular flexibility index (Phi) is 3.46. The largest absolute Gasteiger partial charge is 0.334 e. The van der Waals surface area contributed by atoms with E-state index in [4.69, 9.17) is 9.72 Å². The van der Waals surface area contributed by atoms with Gasteiger partial charge in [0.15, 0.2) is 11.5 Å². The lowest BCUT2D eigenvalue weighted by Gasteiger charge is -2.40. The van der Waals surface area contributed by atoms with E-state index in [0.29, 0.717) is 16.7 Å². The van der Waals surface area contributed by atoms with Gasteiger partial charge in [0, 0.05) is 12.0 Å². The number of ether oxygens (including phenoxy) is 1. The highest BCUT2D eigenvalue weighted by molar-refractivity contribution is 6.05. The average molecular weight is 457 g/mol. The van der Waals surface area contributed by atoms with Crippen molar-refractivity contribution in [3.05, 3.63) is 70.3 Å². The van der Waals surface area contributed by atoms with Crippen LogP contribution in [0.3, 0.4) is 0 Å². The van der Waals surface area contributed by atoms with Crippen molar-refractivity contribution >= 4 is 28.4 Å². The predicted octanol–water partition coefficient (Wildman–Crippen LogP) is 1.61. The Morgan fingerprint density at radius 3 is 2.59 bits per heavy atom. The number of aromatic nitrogens is 2. The van der Waals surface area contributed by atoms with E-state index in [-0.39, 0.29) is 23.8 Å². The number of amides is 2. The summed E-state index contributed by atoms with van der Waals surface area (Å²) < 4.78 is 8.40. The SMILES string of the molecule is CC1(C)NC2N(C1=O)c1ccccc1[C@@]21C[C@H]2C(=O)N[C@@](C)(O1)c1nc3ccccc3c(=O)n12. The molecule has 34 heavy (non-hydrogen) atoms. The van der Waals surface area contributed by atoms with Crippen LogP contribution in [0.4, 0.5) is 5.69 Å². The van der Waals surface area contributed by atoms with Crippen molar-refractivity contribution in [3.63, 3.8) is 0 Å². The van der Waals surface area contributed by atoms with Crippen molar-refractivity contribution < 1.29 is 14.3 Å². The maximum absolute atomic E-state index is 13.6. The number of para-hydroxylation sites is 2. The van der Waals surface area contributed by atoms with Gasteiger partial charge >= 0.3 is 0 Å². The van der Waals surface area contributed by atoms with Crippen molar-refractivity contribution in [1.82, 2.24) is 20.2 Å². The summed E-state index contributed by atoms with van der Waals surface area (Å²) in [4.78, 5) is 47.0. The average Bonchev–Trinajstić information content (AvgIpc) is 3.08. The minimum absolute atomic E-state index is 0.0648. The highest BCUT2D eigenvalue weighted by Gasteiger charge is 2.67. The van der Waals surface area contributed by atoms with Gasteiger partial charge in [0.05, 0.1) is 22.1 Å². The summed E-state index contributed by atoms with van der Waals surface area (Å²) >= 11 is 0. The standard InChI is InChI=1S/C25H23N5O4/c1-23(2)22(33)30-16-11-7-5-9-14(16)25(21(30)28-23)12-17-18(31)27-24(3,34-25)20-26-15-10-6-4-8-13(15)19(32)29(17)20/h4-11,17,21,28H,12H2,1-3H3,(H,27,31)/t17-,21?,24-,25-/m0/s1. The Labute approximate surface area is 194 Å². The third-order valence-electron chi connectivity index (χ3n) is 7.66. The van der Waals surface area contributed by atoms with Crippen LogP contribution in [-0.4, -0.2) is 33.1 Å². The van der Waals surface area contributed by atoms with Gasteiger partial charge in [-0.1, -0.05) is 30.3 Å². The Hall–Kier alpha value is -3.56. The fraction of sp³-hybridized carbons (Fsp3) is 0.360. The van der Waals surface area contributed by atoms with Crippen LogP contribution in [0.15, 0.2) is 53.3 Å². The second-order valence-electron chi connectivity index (χ2n) is 10.2. The number of hydrogen-bond acceptors (Lipinski definition) is 6. The highest BCUT2D eigenvalue weighted by Crippen LogP contribution is 2.57. The molecule has 6 heterocycles. The van der Waals surface area contributed by atoms with Crippen molar-refractivity contribution in [2.24, 2.45) is 0 Å². The Morgan fingerprint density at radius 1 is 1.03 bits per heavy atom. The van der Waals surface area contributed by atoms with Gasteiger partial charge in [-0.3, -0.25) is 29.2 Å². The monoisotopic (exact) mass is 457 g/mol.